The molecule has 29 heavy (non-hydrogen) atoms. The van der Waals surface area contributed by atoms with Crippen molar-refractivity contribution in [2.45, 2.75) is 29.9 Å². The average Bonchev–Trinajstić information content (AvgIpc) is 3.30. The molecule has 0 radical (unpaired) electrons. The van der Waals surface area contributed by atoms with Crippen molar-refractivity contribution in [2.75, 3.05) is 11.9 Å². The smallest absolute Gasteiger partial charge is 0.249 e. The highest BCUT2D eigenvalue weighted by Gasteiger charge is 2.33. The Bertz CT molecular complexity index is 1190. The number of hydrogen-bond donors (Lipinski definition) is 1. The second-order valence-electron chi connectivity index (χ2n) is 7.03. The number of pyridine rings is 1. The number of fused-ring (bicyclic) bond motifs is 1. The maximum atomic E-state index is 13.1. The summed E-state index contributed by atoms with van der Waals surface area (Å²) < 4.78 is 23.3. The van der Waals surface area contributed by atoms with Crippen LogP contribution in [-0.4, -0.2) is 31.3 Å². The molecule has 0 saturated heterocycles. The molecule has 9 heteroatoms. The summed E-state index contributed by atoms with van der Waals surface area (Å²) >= 11 is 0.915. The summed E-state index contributed by atoms with van der Waals surface area (Å²) in [6, 6.07) is 11.9. The van der Waals surface area contributed by atoms with Gasteiger partial charge in [0.2, 0.25) is 15.9 Å². The molecule has 1 amide bonds. The van der Waals surface area contributed by atoms with Crippen LogP contribution in [0.15, 0.2) is 46.8 Å². The fraction of sp³-hybridized carbons (Fsp3) is 0.250. The van der Waals surface area contributed by atoms with Crippen LogP contribution in [0.3, 0.4) is 0 Å². The Morgan fingerprint density at radius 3 is 2.72 bits per heavy atom. The first-order valence-corrected chi connectivity index (χ1v) is 11.4. The van der Waals surface area contributed by atoms with Gasteiger partial charge in [0.15, 0.2) is 9.34 Å². The zero-order valence-corrected chi connectivity index (χ0v) is 17.6. The number of benzene rings is 1. The number of carbonyl (C=O) groups excluding carboxylic acids is 1. The van der Waals surface area contributed by atoms with Crippen molar-refractivity contribution in [3.05, 3.63) is 59.4 Å². The number of sulfonamides is 1. The summed E-state index contributed by atoms with van der Waals surface area (Å²) in [6.45, 7) is 1.57. The lowest BCUT2D eigenvalue weighted by molar-refractivity contribution is -0.119. The quantitative estimate of drug-likeness (QED) is 0.688. The number of rotatable bonds is 4. The maximum absolute atomic E-state index is 13.1. The van der Waals surface area contributed by atoms with E-state index in [1.807, 2.05) is 30.3 Å². The van der Waals surface area contributed by atoms with E-state index in [0.29, 0.717) is 17.2 Å². The van der Waals surface area contributed by atoms with Gasteiger partial charge >= 0.3 is 0 Å². The number of thiazole rings is 1. The Morgan fingerprint density at radius 1 is 1.28 bits per heavy atom. The predicted molar refractivity (Wildman–Crippen MR) is 112 cm³/mol. The van der Waals surface area contributed by atoms with E-state index in [4.69, 9.17) is 5.14 Å². The van der Waals surface area contributed by atoms with Gasteiger partial charge < -0.3 is 0 Å². The Morgan fingerprint density at radius 2 is 2.07 bits per heavy atom. The van der Waals surface area contributed by atoms with Crippen molar-refractivity contribution in [3.8, 4) is 11.3 Å². The van der Waals surface area contributed by atoms with Crippen LogP contribution in [0.1, 0.15) is 29.2 Å². The van der Waals surface area contributed by atoms with Gasteiger partial charge in [0.25, 0.3) is 0 Å². The summed E-state index contributed by atoms with van der Waals surface area (Å²) in [7, 11) is -2.24. The van der Waals surface area contributed by atoms with E-state index in [2.05, 4.69) is 16.0 Å². The first-order chi connectivity index (χ1) is 13.8. The monoisotopic (exact) mass is 428 g/mol. The molecule has 2 aromatic heterocycles. The van der Waals surface area contributed by atoms with E-state index in [1.54, 1.807) is 20.2 Å². The number of primary sulfonamides is 1. The molecule has 0 unspecified atom stereocenters. The second-order valence-corrected chi connectivity index (χ2v) is 9.77. The van der Waals surface area contributed by atoms with Gasteiger partial charge in [-0.1, -0.05) is 29.5 Å². The molecule has 0 spiro atoms. The third-order valence-electron chi connectivity index (χ3n) is 5.10. The van der Waals surface area contributed by atoms with Crippen LogP contribution in [-0.2, 0) is 21.2 Å². The fourth-order valence-electron chi connectivity index (χ4n) is 3.67. The minimum absolute atomic E-state index is 0.0148. The highest BCUT2D eigenvalue weighted by Crippen LogP contribution is 2.38. The van der Waals surface area contributed by atoms with Gasteiger partial charge in [0.05, 0.1) is 17.3 Å². The van der Waals surface area contributed by atoms with E-state index in [9.17, 15) is 13.2 Å². The topological polar surface area (TPSA) is 106 Å². The Labute approximate surface area is 173 Å². The lowest BCUT2D eigenvalue weighted by Crippen LogP contribution is -2.30. The van der Waals surface area contributed by atoms with Gasteiger partial charge in [-0.3, -0.25) is 14.7 Å². The van der Waals surface area contributed by atoms with Crippen molar-refractivity contribution in [1.82, 2.24) is 9.97 Å². The van der Waals surface area contributed by atoms with Crippen molar-refractivity contribution in [2.24, 2.45) is 5.14 Å². The number of anilines is 1. The van der Waals surface area contributed by atoms with E-state index < -0.39 is 10.0 Å². The van der Waals surface area contributed by atoms with Gasteiger partial charge in [-0.2, -0.15) is 0 Å². The van der Waals surface area contributed by atoms with Crippen molar-refractivity contribution < 1.29 is 13.2 Å². The van der Waals surface area contributed by atoms with E-state index in [1.165, 1.54) is 4.90 Å². The Kier molecular flexibility index (Phi) is 4.97. The molecule has 1 aliphatic carbocycles. The van der Waals surface area contributed by atoms with Crippen LogP contribution < -0.4 is 10.0 Å². The molecular weight excluding hydrogens is 408 g/mol. The van der Waals surface area contributed by atoms with Gasteiger partial charge in [0, 0.05) is 18.8 Å². The third-order valence-corrected chi connectivity index (χ3v) is 7.89. The van der Waals surface area contributed by atoms with Crippen LogP contribution in [0.4, 0.5) is 5.13 Å². The fourth-order valence-corrected chi connectivity index (χ4v) is 5.59. The lowest BCUT2D eigenvalue weighted by atomic mass is 9.98. The van der Waals surface area contributed by atoms with Crippen LogP contribution in [0.2, 0.25) is 0 Å². The largest absolute Gasteiger partial charge is 0.291 e. The molecular formula is C20H20N4O3S2. The van der Waals surface area contributed by atoms with Gasteiger partial charge in [-0.05, 0) is 49.1 Å². The number of aryl methyl sites for hydroxylation is 2. The highest BCUT2D eigenvalue weighted by molar-refractivity contribution is 7.91. The highest BCUT2D eigenvalue weighted by atomic mass is 32.2. The van der Waals surface area contributed by atoms with Crippen molar-refractivity contribution in [1.29, 1.82) is 0 Å². The van der Waals surface area contributed by atoms with E-state index >= 15 is 0 Å². The van der Waals surface area contributed by atoms with Gasteiger partial charge in [-0.25, -0.2) is 18.5 Å². The molecule has 1 atom stereocenters. The number of aromatic nitrogens is 2. The summed E-state index contributed by atoms with van der Waals surface area (Å²) in [5.74, 6) is -0.390. The summed E-state index contributed by atoms with van der Waals surface area (Å²) in [6.07, 6.45) is 3.27. The molecule has 1 aromatic carbocycles. The van der Waals surface area contributed by atoms with Crippen LogP contribution in [0, 0.1) is 6.92 Å². The second kappa shape index (κ2) is 7.33. The number of amides is 1. The van der Waals surface area contributed by atoms with Crippen LogP contribution >= 0.6 is 11.3 Å². The number of carbonyl (C=O) groups is 1. The molecule has 0 saturated carbocycles. The molecule has 2 heterocycles. The minimum Gasteiger partial charge on any atom is -0.291 e. The molecule has 0 aliphatic heterocycles. The zero-order valence-electron chi connectivity index (χ0n) is 16.0. The van der Waals surface area contributed by atoms with Gasteiger partial charge in [0.1, 0.15) is 0 Å². The number of hydrogen-bond acceptors (Lipinski definition) is 6. The number of nitrogens with zero attached hydrogens (tertiary/aromatic N) is 3. The first-order valence-electron chi connectivity index (χ1n) is 9.07. The molecule has 2 N–H and O–H groups in total. The standard InChI is InChI=1S/C20H20N4O3S2/c1-12-19(29(21,26)27)28-20(23-12)24(2)18(25)16-9-6-13-11-14(7-8-15(13)16)17-5-3-4-10-22-17/h3-5,7-8,10-11,16H,6,9H2,1-2H3,(H2,21,26,27)/t16-/m1/s1. The van der Waals surface area contributed by atoms with E-state index in [0.717, 1.165) is 40.1 Å². The number of likely N-dealkylation sites (N-methyl/N-ethyl adjacent to an activating group) is 1. The summed E-state index contributed by atoms with van der Waals surface area (Å²) in [5.41, 5.74) is 4.37. The van der Waals surface area contributed by atoms with Crippen LogP contribution in [0.25, 0.3) is 11.3 Å². The van der Waals surface area contributed by atoms with E-state index in [-0.39, 0.29) is 16.0 Å². The average molecular weight is 429 g/mol. The molecule has 0 bridgehead atoms. The molecule has 3 aromatic rings. The molecule has 0 fully saturated rings. The normalized spacial score (nSPS) is 15.9. The molecule has 150 valence electrons. The number of nitrogens with two attached hydrogens (primary N) is 1. The van der Waals surface area contributed by atoms with Gasteiger partial charge in [-0.15, -0.1) is 0 Å². The SMILES string of the molecule is Cc1nc(N(C)C(=O)[C@@H]2CCc3cc(-c4ccccn4)ccc32)sc1S(N)(=O)=O. The minimum atomic E-state index is -3.86. The zero-order chi connectivity index (χ0) is 20.8. The summed E-state index contributed by atoms with van der Waals surface area (Å²) in [5, 5.41) is 5.56. The third kappa shape index (κ3) is 3.68. The Hall–Kier alpha value is -2.62. The van der Waals surface area contributed by atoms with Crippen LogP contribution in [0.5, 0.6) is 0 Å². The lowest BCUT2D eigenvalue weighted by Gasteiger charge is -2.19. The molecule has 4 rings (SSSR count). The summed E-state index contributed by atoms with van der Waals surface area (Å²) in [4.78, 5) is 23.2. The molecule has 7 nitrogen and oxygen atoms in total. The van der Waals surface area contributed by atoms with Crippen molar-refractivity contribution >= 4 is 32.4 Å². The first kappa shape index (κ1) is 19.7. The molecule has 1 aliphatic rings. The van der Waals surface area contributed by atoms with Crippen molar-refractivity contribution in [3.63, 3.8) is 0 Å². The Balaban J connectivity index is 1.60. The maximum Gasteiger partial charge on any atom is 0.249 e. The predicted octanol–water partition coefficient (Wildman–Crippen LogP) is 2.85.